The molecule has 0 aliphatic carbocycles. The molecule has 31 heavy (non-hydrogen) atoms. The summed E-state index contributed by atoms with van der Waals surface area (Å²) in [5.41, 5.74) is 4.85. The Hall–Kier alpha value is -2.82. The summed E-state index contributed by atoms with van der Waals surface area (Å²) in [6.07, 6.45) is 2.43. The molecule has 1 fully saturated rings. The van der Waals surface area contributed by atoms with Crippen LogP contribution in [0.25, 0.3) is 0 Å². The quantitative estimate of drug-likeness (QED) is 0.622. The fraction of sp³-hybridized carbons (Fsp3) is 0.333. The van der Waals surface area contributed by atoms with Crippen molar-refractivity contribution in [1.29, 1.82) is 0 Å². The molecule has 1 saturated heterocycles. The zero-order chi connectivity index (χ0) is 21.0. The van der Waals surface area contributed by atoms with Crippen molar-refractivity contribution in [3.63, 3.8) is 0 Å². The van der Waals surface area contributed by atoms with Crippen LogP contribution in [0.3, 0.4) is 0 Å². The molecule has 3 aromatic carbocycles. The number of ether oxygens (including phenoxy) is 2. The Morgan fingerprint density at radius 3 is 2.06 bits per heavy atom. The minimum Gasteiger partial charge on any atom is -0.485 e. The smallest absolute Gasteiger partial charge is 0.162 e. The minimum atomic E-state index is -0.227. The molecule has 5 rings (SSSR count). The van der Waals surface area contributed by atoms with Crippen LogP contribution in [0.1, 0.15) is 41.1 Å². The van der Waals surface area contributed by atoms with Crippen LogP contribution in [0.4, 0.5) is 0 Å². The number of aliphatic hydroxyl groups is 1. The van der Waals surface area contributed by atoms with E-state index in [4.69, 9.17) is 9.47 Å². The van der Waals surface area contributed by atoms with Gasteiger partial charge in [0.15, 0.2) is 11.5 Å². The predicted octanol–water partition coefficient (Wildman–Crippen LogP) is 4.90. The molecule has 0 aromatic heterocycles. The molecule has 0 radical (unpaired) electrons. The van der Waals surface area contributed by atoms with Crippen LogP contribution in [0.15, 0.2) is 72.8 Å². The summed E-state index contributed by atoms with van der Waals surface area (Å²) in [6, 6.07) is 25.0. The first-order valence-corrected chi connectivity index (χ1v) is 11.2. The normalized spacial score (nSPS) is 20.5. The van der Waals surface area contributed by atoms with Gasteiger partial charge < -0.3 is 14.6 Å². The van der Waals surface area contributed by atoms with Crippen molar-refractivity contribution in [3.05, 3.63) is 95.1 Å². The number of hydrogen-bond donors (Lipinski definition) is 1. The molecule has 2 atom stereocenters. The second-order valence-corrected chi connectivity index (χ2v) is 8.53. The highest BCUT2D eigenvalue weighted by Gasteiger charge is 2.34. The Balaban J connectivity index is 1.44. The van der Waals surface area contributed by atoms with Crippen LogP contribution >= 0.6 is 0 Å². The molecular weight excluding hydrogens is 386 g/mol. The first-order valence-electron chi connectivity index (χ1n) is 11.2. The molecule has 0 spiro atoms. The maximum atomic E-state index is 10.3. The summed E-state index contributed by atoms with van der Waals surface area (Å²) in [5.74, 6) is 1.57. The summed E-state index contributed by atoms with van der Waals surface area (Å²) >= 11 is 0. The summed E-state index contributed by atoms with van der Waals surface area (Å²) in [7, 11) is 0. The lowest BCUT2D eigenvalue weighted by molar-refractivity contribution is 0.0359. The molecule has 0 saturated carbocycles. The highest BCUT2D eigenvalue weighted by atomic mass is 16.5. The summed E-state index contributed by atoms with van der Waals surface area (Å²) in [6.45, 7) is 3.00. The Morgan fingerprint density at radius 1 is 0.806 bits per heavy atom. The molecule has 1 N–H and O–H groups in total. The van der Waals surface area contributed by atoms with Crippen molar-refractivity contribution in [2.75, 3.05) is 13.1 Å². The van der Waals surface area contributed by atoms with Gasteiger partial charge in [0.2, 0.25) is 0 Å². The zero-order valence-corrected chi connectivity index (χ0v) is 17.7. The van der Waals surface area contributed by atoms with E-state index in [2.05, 4.69) is 41.3 Å². The van der Waals surface area contributed by atoms with E-state index in [1.807, 2.05) is 36.4 Å². The van der Waals surface area contributed by atoms with E-state index in [0.29, 0.717) is 13.2 Å². The van der Waals surface area contributed by atoms with Gasteiger partial charge in [0.1, 0.15) is 13.2 Å². The number of hydrogen-bond acceptors (Lipinski definition) is 4. The van der Waals surface area contributed by atoms with Crippen molar-refractivity contribution >= 4 is 0 Å². The van der Waals surface area contributed by atoms with E-state index in [-0.39, 0.29) is 12.1 Å². The fourth-order valence-corrected chi connectivity index (χ4v) is 4.69. The lowest BCUT2D eigenvalue weighted by atomic mass is 9.85. The monoisotopic (exact) mass is 415 g/mol. The Labute approximate surface area is 184 Å². The van der Waals surface area contributed by atoms with Gasteiger partial charge in [-0.25, -0.2) is 0 Å². The highest BCUT2D eigenvalue weighted by Crippen LogP contribution is 2.42. The van der Waals surface area contributed by atoms with Crippen LogP contribution in [0, 0.1) is 0 Å². The molecule has 0 unspecified atom stereocenters. The topological polar surface area (TPSA) is 41.9 Å². The third-order valence-electron chi connectivity index (χ3n) is 6.39. The lowest BCUT2D eigenvalue weighted by Gasteiger charge is -2.42. The Morgan fingerprint density at radius 2 is 1.42 bits per heavy atom. The Kier molecular flexibility index (Phi) is 5.92. The van der Waals surface area contributed by atoms with E-state index in [1.165, 1.54) is 11.1 Å². The summed E-state index contributed by atoms with van der Waals surface area (Å²) in [4.78, 5) is 2.50. The number of piperidine rings is 1. The molecule has 0 amide bonds. The van der Waals surface area contributed by atoms with E-state index in [0.717, 1.165) is 55.0 Å². The van der Waals surface area contributed by atoms with Crippen molar-refractivity contribution in [3.8, 4) is 11.5 Å². The molecule has 2 aliphatic heterocycles. The van der Waals surface area contributed by atoms with Crippen molar-refractivity contribution in [1.82, 2.24) is 4.90 Å². The number of nitrogens with zero attached hydrogens (tertiary/aromatic N) is 1. The predicted molar refractivity (Wildman–Crippen MR) is 121 cm³/mol. The van der Waals surface area contributed by atoms with Gasteiger partial charge in [0.05, 0.1) is 6.10 Å². The van der Waals surface area contributed by atoms with Crippen molar-refractivity contribution in [2.45, 2.75) is 44.6 Å². The molecule has 0 bridgehead atoms. The maximum absolute atomic E-state index is 10.3. The van der Waals surface area contributed by atoms with Crippen LogP contribution in [-0.2, 0) is 19.6 Å². The van der Waals surface area contributed by atoms with Crippen LogP contribution in [0.2, 0.25) is 0 Å². The molecule has 2 aliphatic rings. The minimum absolute atomic E-state index is 0.227. The van der Waals surface area contributed by atoms with Gasteiger partial charge in [0, 0.05) is 19.1 Å². The summed E-state index contributed by atoms with van der Waals surface area (Å²) in [5, 5.41) is 10.3. The zero-order valence-electron chi connectivity index (χ0n) is 17.7. The number of benzene rings is 3. The van der Waals surface area contributed by atoms with Gasteiger partial charge in [-0.3, -0.25) is 4.90 Å². The van der Waals surface area contributed by atoms with Crippen LogP contribution < -0.4 is 9.47 Å². The number of aliphatic hydroxyl groups excluding tert-OH is 1. The highest BCUT2D eigenvalue weighted by molar-refractivity contribution is 5.50. The third kappa shape index (κ3) is 4.60. The average molecular weight is 416 g/mol. The third-order valence-corrected chi connectivity index (χ3v) is 6.39. The van der Waals surface area contributed by atoms with Gasteiger partial charge in [0.25, 0.3) is 0 Å². The van der Waals surface area contributed by atoms with Crippen LogP contribution in [0.5, 0.6) is 11.5 Å². The standard InChI is InChI=1S/C27H29NO3/c29-23-12-14-28-13-11-22-15-26(30-18-20-7-3-1-4-8-20)27(17-24(22)25(28)16-23)31-19-21-9-5-2-6-10-21/h1-10,15,17,23,25,29H,11-14,16,18-19H2/t23-,25+/m1/s1. The molecule has 3 aromatic rings. The molecule has 2 heterocycles. The van der Waals surface area contributed by atoms with E-state index in [9.17, 15) is 5.11 Å². The number of rotatable bonds is 6. The van der Waals surface area contributed by atoms with Gasteiger partial charge >= 0.3 is 0 Å². The maximum Gasteiger partial charge on any atom is 0.162 e. The Bertz CT molecular complexity index is 1010. The molecule has 4 heteroatoms. The lowest BCUT2D eigenvalue weighted by Crippen LogP contribution is -2.42. The van der Waals surface area contributed by atoms with Gasteiger partial charge in [-0.1, -0.05) is 60.7 Å². The molecule has 4 nitrogen and oxygen atoms in total. The molecule has 160 valence electrons. The largest absolute Gasteiger partial charge is 0.485 e. The number of fused-ring (bicyclic) bond motifs is 3. The average Bonchev–Trinajstić information content (AvgIpc) is 2.82. The van der Waals surface area contributed by atoms with E-state index >= 15 is 0 Å². The van der Waals surface area contributed by atoms with Crippen molar-refractivity contribution in [2.24, 2.45) is 0 Å². The second kappa shape index (κ2) is 9.13. The first-order chi connectivity index (χ1) is 15.3. The second-order valence-electron chi connectivity index (χ2n) is 8.53. The molecular formula is C27H29NO3. The van der Waals surface area contributed by atoms with Crippen molar-refractivity contribution < 1.29 is 14.6 Å². The van der Waals surface area contributed by atoms with Gasteiger partial charge in [-0.2, -0.15) is 0 Å². The van der Waals surface area contributed by atoms with E-state index < -0.39 is 0 Å². The SMILES string of the molecule is O[C@@H]1CCN2CCc3cc(OCc4ccccc4)c(OCc4ccccc4)cc3[C@@H]2C1. The summed E-state index contributed by atoms with van der Waals surface area (Å²) < 4.78 is 12.5. The first kappa shape index (κ1) is 20.1. The van der Waals surface area contributed by atoms with Crippen LogP contribution in [-0.4, -0.2) is 29.2 Å². The van der Waals surface area contributed by atoms with Gasteiger partial charge in [-0.05, 0) is 53.6 Å². The fourth-order valence-electron chi connectivity index (χ4n) is 4.69. The van der Waals surface area contributed by atoms with E-state index in [1.54, 1.807) is 0 Å². The van der Waals surface area contributed by atoms with Gasteiger partial charge in [-0.15, -0.1) is 0 Å².